The van der Waals surface area contributed by atoms with Crippen LogP contribution in [0.15, 0.2) is 35.3 Å². The van der Waals surface area contributed by atoms with Crippen molar-refractivity contribution in [1.82, 2.24) is 0 Å². The predicted octanol–water partition coefficient (Wildman–Crippen LogP) is 3.76. The summed E-state index contributed by atoms with van der Waals surface area (Å²) in [5, 5.41) is 0. The molecule has 1 aliphatic rings. The van der Waals surface area contributed by atoms with Crippen molar-refractivity contribution in [2.75, 3.05) is 0 Å². The van der Waals surface area contributed by atoms with E-state index in [-0.39, 0.29) is 12.0 Å². The first-order chi connectivity index (χ1) is 7.88. The highest BCUT2D eigenvalue weighted by molar-refractivity contribution is 5.41. The van der Waals surface area contributed by atoms with Crippen LogP contribution in [0.5, 0.6) is 0 Å². The van der Waals surface area contributed by atoms with Gasteiger partial charge < -0.3 is 10.5 Å². The molecule has 0 aromatic rings. The molecule has 0 aromatic carbocycles. The fourth-order valence-corrected chi connectivity index (χ4v) is 2.83. The molecule has 0 aromatic heterocycles. The Kier molecular flexibility index (Phi) is 4.44. The lowest BCUT2D eigenvalue weighted by Crippen LogP contribution is -2.24. The van der Waals surface area contributed by atoms with Gasteiger partial charge in [0.25, 0.3) is 0 Å². The third-order valence-electron chi connectivity index (χ3n) is 3.85. The molecular formula is C15H25NO. The largest absolute Gasteiger partial charge is 0.472 e. The Morgan fingerprint density at radius 2 is 2.12 bits per heavy atom. The van der Waals surface area contributed by atoms with E-state index >= 15 is 0 Å². The van der Waals surface area contributed by atoms with Gasteiger partial charge in [-0.05, 0) is 56.8 Å². The topological polar surface area (TPSA) is 35.2 Å². The predicted molar refractivity (Wildman–Crippen MR) is 73.3 cm³/mol. The van der Waals surface area contributed by atoms with Crippen LogP contribution in [0.2, 0.25) is 0 Å². The highest BCUT2D eigenvalue weighted by atomic mass is 16.5. The summed E-state index contributed by atoms with van der Waals surface area (Å²) in [5.41, 5.74) is 9.55. The fraction of sp³-hybridized carbons (Fsp3) is 0.600. The minimum Gasteiger partial charge on any atom is -0.472 e. The number of hydrogen-bond donors (Lipinski definition) is 1. The maximum Gasteiger partial charge on any atom is 0.177 e. The smallest absolute Gasteiger partial charge is 0.177 e. The highest BCUT2D eigenvalue weighted by Gasteiger charge is 2.26. The zero-order valence-electron chi connectivity index (χ0n) is 11.7. The normalized spacial score (nSPS) is 26.5. The number of hydrogen-bond acceptors (Lipinski definition) is 2. The third kappa shape index (κ3) is 2.93. The Morgan fingerprint density at radius 1 is 1.53 bits per heavy atom. The first kappa shape index (κ1) is 13.9. The van der Waals surface area contributed by atoms with Gasteiger partial charge in [0.05, 0.1) is 0 Å². The van der Waals surface area contributed by atoms with Gasteiger partial charge >= 0.3 is 0 Å². The Balaban J connectivity index is 3.02. The van der Waals surface area contributed by atoms with Crippen LogP contribution < -0.4 is 5.73 Å². The second-order valence-electron chi connectivity index (χ2n) is 5.03. The molecule has 0 fully saturated rings. The molecule has 0 amide bonds. The molecule has 2 N–H and O–H groups in total. The van der Waals surface area contributed by atoms with E-state index in [1.54, 1.807) is 0 Å². The van der Waals surface area contributed by atoms with Gasteiger partial charge in [0.15, 0.2) is 5.88 Å². The third-order valence-corrected chi connectivity index (χ3v) is 3.85. The van der Waals surface area contributed by atoms with Crippen molar-refractivity contribution in [3.8, 4) is 0 Å². The molecule has 2 nitrogen and oxygen atoms in total. The summed E-state index contributed by atoms with van der Waals surface area (Å²) in [5.74, 6) is 1.51. The van der Waals surface area contributed by atoms with Gasteiger partial charge in [-0.25, -0.2) is 0 Å². The van der Waals surface area contributed by atoms with Crippen molar-refractivity contribution in [3.63, 3.8) is 0 Å². The maximum atomic E-state index is 5.53. The van der Waals surface area contributed by atoms with Crippen molar-refractivity contribution in [1.29, 1.82) is 0 Å². The lowest BCUT2D eigenvalue weighted by atomic mass is 9.76. The molecule has 2 heteroatoms. The van der Waals surface area contributed by atoms with Gasteiger partial charge in [-0.3, -0.25) is 0 Å². The maximum absolute atomic E-state index is 5.53. The van der Waals surface area contributed by atoms with E-state index in [0.29, 0.717) is 11.8 Å². The summed E-state index contributed by atoms with van der Waals surface area (Å²) in [6.45, 7) is 14.5. The second-order valence-corrected chi connectivity index (χ2v) is 5.03. The van der Waals surface area contributed by atoms with Crippen molar-refractivity contribution in [3.05, 3.63) is 35.3 Å². The van der Waals surface area contributed by atoms with Crippen LogP contribution in [0.1, 0.15) is 41.0 Å². The summed E-state index contributed by atoms with van der Waals surface area (Å²) in [6.07, 6.45) is 3.54. The molecule has 0 radical (unpaired) electrons. The highest BCUT2D eigenvalue weighted by Crippen LogP contribution is 2.37. The molecule has 0 bridgehead atoms. The Labute approximate surface area is 105 Å². The first-order valence-electron chi connectivity index (χ1n) is 6.38. The lowest BCUT2D eigenvalue weighted by molar-refractivity contribution is 0.158. The van der Waals surface area contributed by atoms with Crippen LogP contribution in [0.3, 0.4) is 0 Å². The van der Waals surface area contributed by atoms with E-state index in [1.807, 2.05) is 6.92 Å². The summed E-state index contributed by atoms with van der Waals surface area (Å²) in [4.78, 5) is 0. The van der Waals surface area contributed by atoms with Crippen LogP contribution in [0.25, 0.3) is 0 Å². The van der Waals surface area contributed by atoms with Gasteiger partial charge in [0, 0.05) is 0 Å². The van der Waals surface area contributed by atoms with Crippen LogP contribution in [-0.2, 0) is 4.74 Å². The number of allylic oxidation sites excluding steroid dienone is 2. The van der Waals surface area contributed by atoms with Crippen LogP contribution in [0, 0.1) is 11.8 Å². The summed E-state index contributed by atoms with van der Waals surface area (Å²) in [6, 6.07) is 0. The molecule has 3 atom stereocenters. The molecule has 1 rings (SSSR count). The number of nitrogens with two attached hydrogens (primary N) is 1. The Bertz CT molecular complexity index is 365. The molecule has 3 unspecified atom stereocenters. The Hall–Kier alpha value is -1.18. The van der Waals surface area contributed by atoms with E-state index < -0.39 is 0 Å². The molecule has 96 valence electrons. The molecule has 17 heavy (non-hydrogen) atoms. The summed E-state index contributed by atoms with van der Waals surface area (Å²) >= 11 is 0. The van der Waals surface area contributed by atoms with Gasteiger partial charge in [-0.2, -0.15) is 0 Å². The molecule has 0 saturated heterocycles. The van der Waals surface area contributed by atoms with Crippen LogP contribution >= 0.6 is 0 Å². The van der Waals surface area contributed by atoms with Gasteiger partial charge in [-0.1, -0.05) is 25.5 Å². The quantitative estimate of drug-likeness (QED) is 0.753. The second kappa shape index (κ2) is 5.44. The summed E-state index contributed by atoms with van der Waals surface area (Å²) < 4.78 is 5.53. The van der Waals surface area contributed by atoms with Crippen molar-refractivity contribution in [2.45, 2.75) is 47.1 Å². The van der Waals surface area contributed by atoms with Crippen LogP contribution in [0.4, 0.5) is 0 Å². The van der Waals surface area contributed by atoms with Crippen molar-refractivity contribution >= 4 is 0 Å². The lowest BCUT2D eigenvalue weighted by Gasteiger charge is -2.32. The van der Waals surface area contributed by atoms with Gasteiger partial charge in [-0.15, -0.1) is 0 Å². The molecular weight excluding hydrogens is 210 g/mol. The Morgan fingerprint density at radius 3 is 2.59 bits per heavy atom. The average Bonchev–Trinajstić information content (AvgIpc) is 2.22. The zero-order chi connectivity index (χ0) is 13.2. The summed E-state index contributed by atoms with van der Waals surface area (Å²) in [7, 11) is 0. The van der Waals surface area contributed by atoms with E-state index in [0.717, 1.165) is 0 Å². The SMILES string of the molecule is C=C(N)OC(C)C1=C(C)C(C)C(CC)C=C1C. The molecule has 0 saturated carbocycles. The average molecular weight is 235 g/mol. The van der Waals surface area contributed by atoms with Gasteiger partial charge in [0.2, 0.25) is 0 Å². The monoisotopic (exact) mass is 235 g/mol. The molecule has 0 aliphatic heterocycles. The number of rotatable bonds is 4. The van der Waals surface area contributed by atoms with Crippen molar-refractivity contribution in [2.24, 2.45) is 17.6 Å². The molecule has 0 heterocycles. The van der Waals surface area contributed by atoms with Gasteiger partial charge in [0.1, 0.15) is 6.10 Å². The minimum absolute atomic E-state index is 0.0102. The minimum atomic E-state index is -0.0102. The van der Waals surface area contributed by atoms with E-state index in [2.05, 4.69) is 40.3 Å². The van der Waals surface area contributed by atoms with Crippen LogP contribution in [-0.4, -0.2) is 6.10 Å². The van der Waals surface area contributed by atoms with E-state index in [9.17, 15) is 0 Å². The standard InChI is InChI=1S/C15H25NO/c1-7-14-8-9(2)15(11(4)10(14)3)12(5)17-13(6)16/h8,10,12,14H,6-7,16H2,1-5H3. The molecule has 0 spiro atoms. The van der Waals surface area contributed by atoms with E-state index in [1.165, 1.54) is 23.1 Å². The number of ether oxygens (including phenoxy) is 1. The van der Waals surface area contributed by atoms with Crippen molar-refractivity contribution < 1.29 is 4.74 Å². The fourth-order valence-electron chi connectivity index (χ4n) is 2.83. The van der Waals surface area contributed by atoms with E-state index in [4.69, 9.17) is 10.5 Å². The first-order valence-corrected chi connectivity index (χ1v) is 6.38. The molecule has 1 aliphatic carbocycles. The zero-order valence-corrected chi connectivity index (χ0v) is 11.7.